The number of hydrogen-bond acceptors (Lipinski definition) is 4. The molecule has 4 nitrogen and oxygen atoms in total. The molecule has 1 heterocycles. The molecule has 0 aromatic carbocycles. The van der Waals surface area contributed by atoms with Crippen molar-refractivity contribution in [2.45, 2.75) is 26.3 Å². The molecule has 0 saturated carbocycles. The fraction of sp³-hybridized carbons (Fsp3) is 0.556. The molecule has 0 aromatic heterocycles. The average Bonchev–Trinajstić information content (AvgIpc) is 2.04. The van der Waals surface area contributed by atoms with Gasteiger partial charge in [-0.25, -0.2) is 4.79 Å². The van der Waals surface area contributed by atoms with Gasteiger partial charge in [-0.1, -0.05) is 0 Å². The number of aliphatic imine (C=N–C) groups is 1. The standard InChI is InChI=1S/C9H13NO3/c1-3-13-9(12)7-5-10-6(2)4-8(7)11/h5-6,11H,3-4H2,1-2H3. The van der Waals surface area contributed by atoms with Gasteiger partial charge >= 0.3 is 5.97 Å². The Morgan fingerprint density at radius 2 is 2.54 bits per heavy atom. The van der Waals surface area contributed by atoms with Crippen LogP contribution < -0.4 is 0 Å². The number of carbonyl (C=O) groups is 1. The SMILES string of the molecule is CCOC(=O)C1=C(O)CC(C)N=C1. The van der Waals surface area contributed by atoms with Crippen molar-refractivity contribution in [3.05, 3.63) is 11.3 Å². The molecule has 1 rings (SSSR count). The van der Waals surface area contributed by atoms with Crippen LogP contribution >= 0.6 is 0 Å². The van der Waals surface area contributed by atoms with Gasteiger partial charge < -0.3 is 9.84 Å². The lowest BCUT2D eigenvalue weighted by molar-refractivity contribution is -0.138. The van der Waals surface area contributed by atoms with Crippen molar-refractivity contribution < 1.29 is 14.6 Å². The van der Waals surface area contributed by atoms with E-state index in [0.29, 0.717) is 13.0 Å². The Labute approximate surface area is 76.9 Å². The molecule has 0 aromatic rings. The summed E-state index contributed by atoms with van der Waals surface area (Å²) in [6.07, 6.45) is 1.78. The molecule has 0 amide bonds. The van der Waals surface area contributed by atoms with Crippen molar-refractivity contribution in [1.29, 1.82) is 0 Å². The topological polar surface area (TPSA) is 58.9 Å². The van der Waals surface area contributed by atoms with Crippen LogP contribution in [-0.2, 0) is 9.53 Å². The van der Waals surface area contributed by atoms with Crippen LogP contribution in [0, 0.1) is 0 Å². The maximum Gasteiger partial charge on any atom is 0.343 e. The highest BCUT2D eigenvalue weighted by Crippen LogP contribution is 2.15. The summed E-state index contributed by atoms with van der Waals surface area (Å²) in [5.74, 6) is -0.434. The number of ether oxygens (including phenoxy) is 1. The Balaban J connectivity index is 2.75. The van der Waals surface area contributed by atoms with Gasteiger partial charge in [0.1, 0.15) is 11.3 Å². The Morgan fingerprint density at radius 3 is 3.08 bits per heavy atom. The molecule has 4 heteroatoms. The largest absolute Gasteiger partial charge is 0.511 e. The second-order valence-electron chi connectivity index (χ2n) is 2.91. The van der Waals surface area contributed by atoms with E-state index in [-0.39, 0.29) is 17.4 Å². The molecule has 0 saturated heterocycles. The van der Waals surface area contributed by atoms with Crippen molar-refractivity contribution >= 4 is 12.2 Å². The fourth-order valence-electron chi connectivity index (χ4n) is 1.10. The zero-order valence-corrected chi connectivity index (χ0v) is 7.78. The van der Waals surface area contributed by atoms with Crippen molar-refractivity contribution in [3.8, 4) is 0 Å². The molecular formula is C9H13NO3. The first-order valence-corrected chi connectivity index (χ1v) is 4.27. The van der Waals surface area contributed by atoms with Gasteiger partial charge in [0.25, 0.3) is 0 Å². The number of rotatable bonds is 2. The second kappa shape index (κ2) is 4.07. The molecule has 0 fully saturated rings. The Bertz CT molecular complexity index is 268. The summed E-state index contributed by atoms with van der Waals surface area (Å²) < 4.78 is 4.74. The van der Waals surface area contributed by atoms with Gasteiger partial charge in [0.05, 0.1) is 12.6 Å². The highest BCUT2D eigenvalue weighted by molar-refractivity contribution is 6.10. The van der Waals surface area contributed by atoms with E-state index in [1.165, 1.54) is 6.21 Å². The molecule has 0 radical (unpaired) electrons. The van der Waals surface area contributed by atoms with Gasteiger partial charge in [-0.3, -0.25) is 4.99 Å². The predicted molar refractivity (Wildman–Crippen MR) is 48.9 cm³/mol. The van der Waals surface area contributed by atoms with Crippen molar-refractivity contribution in [1.82, 2.24) is 0 Å². The lowest BCUT2D eigenvalue weighted by Crippen LogP contribution is -2.17. The molecule has 13 heavy (non-hydrogen) atoms. The third kappa shape index (κ3) is 2.31. The second-order valence-corrected chi connectivity index (χ2v) is 2.91. The molecule has 1 aliphatic rings. The molecule has 72 valence electrons. The molecule has 1 unspecified atom stereocenters. The summed E-state index contributed by atoms with van der Waals surface area (Å²) in [6, 6.07) is 0.0400. The number of dihydropyridines is 1. The quantitative estimate of drug-likeness (QED) is 0.655. The molecule has 1 atom stereocenters. The summed E-state index contributed by atoms with van der Waals surface area (Å²) in [6.45, 7) is 3.89. The fourth-order valence-corrected chi connectivity index (χ4v) is 1.10. The van der Waals surface area contributed by atoms with E-state index in [9.17, 15) is 9.90 Å². The molecule has 1 N–H and O–H groups in total. The number of nitrogens with zero attached hydrogens (tertiary/aromatic N) is 1. The van der Waals surface area contributed by atoms with Crippen molar-refractivity contribution in [2.75, 3.05) is 6.61 Å². The summed E-state index contributed by atoms with van der Waals surface area (Å²) in [7, 11) is 0. The van der Waals surface area contributed by atoms with E-state index >= 15 is 0 Å². The van der Waals surface area contributed by atoms with Gasteiger partial charge in [-0.2, -0.15) is 0 Å². The van der Waals surface area contributed by atoms with Gasteiger partial charge in [0.2, 0.25) is 0 Å². The molecule has 0 bridgehead atoms. The zero-order chi connectivity index (χ0) is 9.84. The number of aliphatic hydroxyl groups is 1. The smallest absolute Gasteiger partial charge is 0.343 e. The minimum atomic E-state index is -0.504. The van der Waals surface area contributed by atoms with E-state index in [1.807, 2.05) is 6.92 Å². The van der Waals surface area contributed by atoms with Crippen LogP contribution in [0.4, 0.5) is 0 Å². The van der Waals surface area contributed by atoms with Crippen molar-refractivity contribution in [2.24, 2.45) is 4.99 Å². The third-order valence-electron chi connectivity index (χ3n) is 1.75. The number of hydrogen-bond donors (Lipinski definition) is 1. The van der Waals surface area contributed by atoms with E-state index < -0.39 is 5.97 Å². The molecule has 0 aliphatic carbocycles. The number of carbonyl (C=O) groups excluding carboxylic acids is 1. The number of esters is 1. The van der Waals surface area contributed by atoms with Gasteiger partial charge in [0.15, 0.2) is 0 Å². The molecule has 0 spiro atoms. The zero-order valence-electron chi connectivity index (χ0n) is 7.78. The van der Waals surface area contributed by atoms with E-state index in [1.54, 1.807) is 6.92 Å². The van der Waals surface area contributed by atoms with Gasteiger partial charge in [-0.05, 0) is 13.8 Å². The predicted octanol–water partition coefficient (Wildman–Crippen LogP) is 1.22. The first-order valence-electron chi connectivity index (χ1n) is 4.27. The molecule has 1 aliphatic heterocycles. The summed E-state index contributed by atoms with van der Waals surface area (Å²) in [4.78, 5) is 15.2. The van der Waals surface area contributed by atoms with E-state index in [0.717, 1.165) is 0 Å². The minimum Gasteiger partial charge on any atom is -0.511 e. The lowest BCUT2D eigenvalue weighted by atomic mass is 10.1. The summed E-state index contributed by atoms with van der Waals surface area (Å²) >= 11 is 0. The summed E-state index contributed by atoms with van der Waals surface area (Å²) in [5.41, 5.74) is 0.181. The maximum absolute atomic E-state index is 11.2. The van der Waals surface area contributed by atoms with Crippen molar-refractivity contribution in [3.63, 3.8) is 0 Å². The Hall–Kier alpha value is -1.32. The van der Waals surface area contributed by atoms with E-state index in [2.05, 4.69) is 4.99 Å². The van der Waals surface area contributed by atoms with Crippen LogP contribution in [0.15, 0.2) is 16.3 Å². The van der Waals surface area contributed by atoms with Crippen LogP contribution in [0.25, 0.3) is 0 Å². The van der Waals surface area contributed by atoms with Gasteiger partial charge in [0, 0.05) is 12.6 Å². The Kier molecular flexibility index (Phi) is 3.06. The first-order chi connectivity index (χ1) is 6.15. The number of aliphatic hydroxyl groups excluding tert-OH is 1. The lowest BCUT2D eigenvalue weighted by Gasteiger charge is -2.13. The van der Waals surface area contributed by atoms with Crippen LogP contribution in [0.2, 0.25) is 0 Å². The Morgan fingerprint density at radius 1 is 1.85 bits per heavy atom. The normalized spacial score (nSPS) is 21.8. The van der Waals surface area contributed by atoms with E-state index in [4.69, 9.17) is 4.74 Å². The minimum absolute atomic E-state index is 0.0400. The highest BCUT2D eigenvalue weighted by Gasteiger charge is 2.19. The average molecular weight is 183 g/mol. The highest BCUT2D eigenvalue weighted by atomic mass is 16.5. The summed E-state index contributed by atoms with van der Waals surface area (Å²) in [5, 5.41) is 9.42. The van der Waals surface area contributed by atoms with Crippen LogP contribution in [-0.4, -0.2) is 29.9 Å². The van der Waals surface area contributed by atoms with Gasteiger partial charge in [-0.15, -0.1) is 0 Å². The van der Waals surface area contributed by atoms with Crippen LogP contribution in [0.1, 0.15) is 20.3 Å². The van der Waals surface area contributed by atoms with Crippen LogP contribution in [0.5, 0.6) is 0 Å². The molecular weight excluding hydrogens is 170 g/mol. The first kappa shape index (κ1) is 9.77. The third-order valence-corrected chi connectivity index (χ3v) is 1.75. The monoisotopic (exact) mass is 183 g/mol. The van der Waals surface area contributed by atoms with Crippen LogP contribution in [0.3, 0.4) is 0 Å². The maximum atomic E-state index is 11.2.